The second-order valence-corrected chi connectivity index (χ2v) is 7.04. The molecule has 0 bridgehead atoms. The van der Waals surface area contributed by atoms with Gasteiger partial charge in [0, 0.05) is 43.0 Å². The zero-order valence-electron chi connectivity index (χ0n) is 14.2. The average molecular weight is 337 g/mol. The molecule has 2 aromatic rings. The Balaban J connectivity index is 1.76. The van der Waals surface area contributed by atoms with E-state index in [9.17, 15) is 10.1 Å². The van der Waals surface area contributed by atoms with Crippen molar-refractivity contribution < 1.29 is 4.92 Å². The normalized spacial score (nSPS) is 20.5. The van der Waals surface area contributed by atoms with E-state index in [1.54, 1.807) is 12.1 Å². The van der Waals surface area contributed by atoms with Crippen LogP contribution in [-0.4, -0.2) is 24.6 Å². The molecule has 0 radical (unpaired) electrons. The summed E-state index contributed by atoms with van der Waals surface area (Å²) in [5.74, 6) is 0.760. The maximum Gasteiger partial charge on any atom is 0.269 e. The maximum atomic E-state index is 11.3. The van der Waals surface area contributed by atoms with Gasteiger partial charge in [0.1, 0.15) is 0 Å². The van der Waals surface area contributed by atoms with Gasteiger partial charge in [-0.25, -0.2) is 0 Å². The number of nitro groups is 1. The Morgan fingerprint density at radius 2 is 1.96 bits per heavy atom. The maximum absolute atomic E-state index is 11.3. The van der Waals surface area contributed by atoms with Crippen LogP contribution in [0.1, 0.15) is 36.4 Å². The number of nitro benzene ring substituents is 1. The van der Waals surface area contributed by atoms with Crippen molar-refractivity contribution in [2.75, 3.05) is 24.5 Å². The monoisotopic (exact) mass is 337 g/mol. The van der Waals surface area contributed by atoms with Gasteiger partial charge in [-0.3, -0.25) is 10.1 Å². The molecule has 1 aliphatic carbocycles. The van der Waals surface area contributed by atoms with Crippen molar-refractivity contribution >= 4 is 11.4 Å². The highest BCUT2D eigenvalue weighted by molar-refractivity contribution is 5.61. The molecule has 1 heterocycles. The van der Waals surface area contributed by atoms with E-state index in [0.717, 1.165) is 42.4 Å². The molecule has 1 saturated carbocycles. The van der Waals surface area contributed by atoms with Crippen LogP contribution in [-0.2, 0) is 0 Å². The Hall–Kier alpha value is -2.40. The van der Waals surface area contributed by atoms with Crippen LogP contribution in [0.15, 0.2) is 48.5 Å². The van der Waals surface area contributed by atoms with Crippen LogP contribution >= 0.6 is 0 Å². The number of benzene rings is 2. The molecule has 130 valence electrons. The molecule has 25 heavy (non-hydrogen) atoms. The zero-order valence-corrected chi connectivity index (χ0v) is 14.2. The van der Waals surface area contributed by atoms with E-state index in [2.05, 4.69) is 22.3 Å². The molecule has 0 aromatic heterocycles. The molecule has 1 aliphatic heterocycles. The summed E-state index contributed by atoms with van der Waals surface area (Å²) in [7, 11) is 0. The van der Waals surface area contributed by atoms with Gasteiger partial charge in [0.25, 0.3) is 5.69 Å². The zero-order chi connectivity index (χ0) is 17.2. The number of fused-ring (bicyclic) bond motifs is 1. The number of anilines is 1. The number of hydrogen-bond acceptors (Lipinski definition) is 4. The Morgan fingerprint density at radius 1 is 1.16 bits per heavy atom. The molecule has 4 rings (SSSR count). The van der Waals surface area contributed by atoms with Crippen molar-refractivity contribution in [3.05, 3.63) is 69.8 Å². The summed E-state index contributed by atoms with van der Waals surface area (Å²) in [5.41, 5.74) is 3.45. The summed E-state index contributed by atoms with van der Waals surface area (Å²) in [6, 6.07) is 15.5. The third-order valence-electron chi connectivity index (χ3n) is 5.44. The summed E-state index contributed by atoms with van der Waals surface area (Å²) < 4.78 is 0. The van der Waals surface area contributed by atoms with Crippen molar-refractivity contribution in [2.24, 2.45) is 5.92 Å². The quantitative estimate of drug-likeness (QED) is 0.679. The lowest BCUT2D eigenvalue weighted by atomic mass is 9.85. The van der Waals surface area contributed by atoms with Crippen LogP contribution in [0.25, 0.3) is 0 Å². The van der Waals surface area contributed by atoms with E-state index in [1.807, 2.05) is 24.3 Å². The van der Waals surface area contributed by atoms with E-state index < -0.39 is 0 Å². The number of nitrogens with zero attached hydrogens (tertiary/aromatic N) is 2. The van der Waals surface area contributed by atoms with Gasteiger partial charge in [0.15, 0.2) is 0 Å². The molecule has 1 N–H and O–H groups in total. The molecule has 0 amide bonds. The van der Waals surface area contributed by atoms with Crippen LogP contribution in [0.5, 0.6) is 0 Å². The lowest BCUT2D eigenvalue weighted by Gasteiger charge is -2.34. The fourth-order valence-corrected chi connectivity index (χ4v) is 3.87. The Labute approximate surface area is 147 Å². The van der Waals surface area contributed by atoms with Gasteiger partial charge in [0.2, 0.25) is 0 Å². The van der Waals surface area contributed by atoms with Crippen molar-refractivity contribution in [3.63, 3.8) is 0 Å². The third-order valence-corrected chi connectivity index (χ3v) is 5.44. The fraction of sp³-hybridized carbons (Fsp3) is 0.400. The van der Waals surface area contributed by atoms with Gasteiger partial charge in [-0.2, -0.15) is 0 Å². The standard InChI is InChI=1S/C20H23N3O2/c24-23(25)17-9-10-19-18(13-17)20(16-7-2-1-3-8-16)21-11-12-22(19)14-15-5-4-6-15/h1-3,7-10,13,15,20-21H,4-6,11-12,14H2. The SMILES string of the molecule is O=[N+]([O-])c1ccc2c(c1)C(c1ccccc1)NCCN2CC1CCC1. The number of non-ortho nitro benzene ring substituents is 1. The molecule has 2 aliphatic rings. The predicted octanol–water partition coefficient (Wildman–Crippen LogP) is 3.89. The first-order chi connectivity index (χ1) is 12.2. The van der Waals surface area contributed by atoms with Crippen molar-refractivity contribution in [1.29, 1.82) is 0 Å². The lowest BCUT2D eigenvalue weighted by molar-refractivity contribution is -0.384. The Morgan fingerprint density at radius 3 is 2.64 bits per heavy atom. The van der Waals surface area contributed by atoms with Crippen molar-refractivity contribution in [2.45, 2.75) is 25.3 Å². The van der Waals surface area contributed by atoms with Gasteiger partial charge in [-0.05, 0) is 30.4 Å². The Kier molecular flexibility index (Phi) is 4.40. The smallest absolute Gasteiger partial charge is 0.269 e. The second kappa shape index (κ2) is 6.84. The van der Waals surface area contributed by atoms with Gasteiger partial charge in [-0.15, -0.1) is 0 Å². The molecule has 5 nitrogen and oxygen atoms in total. The highest BCUT2D eigenvalue weighted by atomic mass is 16.6. The minimum atomic E-state index is -0.302. The lowest BCUT2D eigenvalue weighted by Crippen LogP contribution is -2.35. The van der Waals surface area contributed by atoms with Gasteiger partial charge >= 0.3 is 0 Å². The van der Waals surface area contributed by atoms with E-state index in [4.69, 9.17) is 0 Å². The van der Waals surface area contributed by atoms with Crippen molar-refractivity contribution in [3.8, 4) is 0 Å². The van der Waals surface area contributed by atoms with Gasteiger partial charge in [-0.1, -0.05) is 36.8 Å². The number of hydrogen-bond donors (Lipinski definition) is 1. The molecular formula is C20H23N3O2. The molecule has 0 spiro atoms. The van der Waals surface area contributed by atoms with E-state index in [1.165, 1.54) is 19.3 Å². The second-order valence-electron chi connectivity index (χ2n) is 7.04. The molecule has 1 unspecified atom stereocenters. The highest BCUT2D eigenvalue weighted by Crippen LogP contribution is 2.37. The van der Waals surface area contributed by atoms with Crippen LogP contribution in [0, 0.1) is 16.0 Å². The van der Waals surface area contributed by atoms with Crippen LogP contribution < -0.4 is 10.2 Å². The largest absolute Gasteiger partial charge is 0.370 e. The summed E-state index contributed by atoms with van der Waals surface area (Å²) in [5, 5.41) is 14.9. The minimum absolute atomic E-state index is 0.0116. The van der Waals surface area contributed by atoms with E-state index in [-0.39, 0.29) is 16.7 Å². The van der Waals surface area contributed by atoms with Crippen LogP contribution in [0.4, 0.5) is 11.4 Å². The number of nitrogens with one attached hydrogen (secondary N) is 1. The molecule has 1 atom stereocenters. The van der Waals surface area contributed by atoms with Gasteiger partial charge in [0.05, 0.1) is 11.0 Å². The fourth-order valence-electron chi connectivity index (χ4n) is 3.87. The topological polar surface area (TPSA) is 58.4 Å². The Bertz CT molecular complexity index is 759. The number of rotatable bonds is 4. The first kappa shape index (κ1) is 16.1. The third kappa shape index (κ3) is 3.24. The van der Waals surface area contributed by atoms with Gasteiger partial charge < -0.3 is 10.2 Å². The van der Waals surface area contributed by atoms with Crippen LogP contribution in [0.2, 0.25) is 0 Å². The minimum Gasteiger partial charge on any atom is -0.370 e. The highest BCUT2D eigenvalue weighted by Gasteiger charge is 2.28. The van der Waals surface area contributed by atoms with E-state index >= 15 is 0 Å². The van der Waals surface area contributed by atoms with Crippen LogP contribution in [0.3, 0.4) is 0 Å². The summed E-state index contributed by atoms with van der Waals surface area (Å²) in [4.78, 5) is 13.4. The summed E-state index contributed by atoms with van der Waals surface area (Å²) in [6.07, 6.45) is 3.93. The molecular weight excluding hydrogens is 314 g/mol. The molecule has 2 aromatic carbocycles. The first-order valence-corrected chi connectivity index (χ1v) is 9.04. The van der Waals surface area contributed by atoms with E-state index in [0.29, 0.717) is 0 Å². The average Bonchev–Trinajstić information content (AvgIpc) is 2.77. The van der Waals surface area contributed by atoms with Crippen molar-refractivity contribution in [1.82, 2.24) is 5.32 Å². The molecule has 5 heteroatoms. The summed E-state index contributed by atoms with van der Waals surface area (Å²) >= 11 is 0. The molecule has 1 fully saturated rings. The predicted molar refractivity (Wildman–Crippen MR) is 98.9 cm³/mol. The first-order valence-electron chi connectivity index (χ1n) is 9.04. The summed E-state index contributed by atoms with van der Waals surface area (Å²) in [6.45, 7) is 2.85. The molecule has 0 saturated heterocycles.